The van der Waals surface area contributed by atoms with Crippen molar-refractivity contribution in [3.05, 3.63) is 57.5 Å². The predicted octanol–water partition coefficient (Wildman–Crippen LogP) is 2.46. The highest BCUT2D eigenvalue weighted by Gasteiger charge is 2.29. The van der Waals surface area contributed by atoms with Crippen molar-refractivity contribution in [3.8, 4) is 0 Å². The SMILES string of the molecule is CC(C)C(NS(=O)(=O)c1ccc(Cl)c([N+](=O)[O-])c1)C(=O)NCc1ccco1. The summed E-state index contributed by atoms with van der Waals surface area (Å²) in [6.07, 6.45) is 1.46. The van der Waals surface area contributed by atoms with E-state index in [1.54, 1.807) is 26.0 Å². The van der Waals surface area contributed by atoms with Gasteiger partial charge in [-0.05, 0) is 30.2 Å². The fourth-order valence-corrected chi connectivity index (χ4v) is 3.77. The zero-order chi connectivity index (χ0) is 20.2. The van der Waals surface area contributed by atoms with E-state index in [2.05, 4.69) is 10.0 Å². The fraction of sp³-hybridized carbons (Fsp3) is 0.312. The Morgan fingerprint density at radius 3 is 2.59 bits per heavy atom. The molecule has 0 aliphatic carbocycles. The molecule has 0 saturated carbocycles. The van der Waals surface area contributed by atoms with Crippen molar-refractivity contribution in [2.75, 3.05) is 0 Å². The molecule has 0 radical (unpaired) electrons. The normalized spacial score (nSPS) is 12.7. The van der Waals surface area contributed by atoms with Gasteiger partial charge >= 0.3 is 0 Å². The van der Waals surface area contributed by atoms with E-state index >= 15 is 0 Å². The second-order valence-electron chi connectivity index (χ2n) is 6.01. The van der Waals surface area contributed by atoms with Crippen molar-refractivity contribution >= 4 is 33.2 Å². The van der Waals surface area contributed by atoms with Crippen LogP contribution in [-0.4, -0.2) is 25.3 Å². The lowest BCUT2D eigenvalue weighted by Crippen LogP contribution is -2.49. The van der Waals surface area contributed by atoms with Crippen LogP contribution in [-0.2, 0) is 21.4 Å². The molecule has 0 fully saturated rings. The Labute approximate surface area is 160 Å². The van der Waals surface area contributed by atoms with Crippen molar-refractivity contribution < 1.29 is 22.6 Å². The summed E-state index contributed by atoms with van der Waals surface area (Å²) in [4.78, 5) is 22.2. The topological polar surface area (TPSA) is 132 Å². The first-order chi connectivity index (χ1) is 12.6. The van der Waals surface area contributed by atoms with Crippen LogP contribution in [0.3, 0.4) is 0 Å². The average molecular weight is 416 g/mol. The molecule has 11 heteroatoms. The molecule has 9 nitrogen and oxygen atoms in total. The third kappa shape index (κ3) is 5.28. The van der Waals surface area contributed by atoms with Gasteiger partial charge in [-0.15, -0.1) is 0 Å². The van der Waals surface area contributed by atoms with Gasteiger partial charge in [-0.1, -0.05) is 25.4 Å². The lowest BCUT2D eigenvalue weighted by Gasteiger charge is -2.21. The van der Waals surface area contributed by atoms with Crippen LogP contribution in [0.15, 0.2) is 45.9 Å². The second kappa shape index (κ2) is 8.51. The minimum Gasteiger partial charge on any atom is -0.467 e. The Morgan fingerprint density at radius 1 is 1.33 bits per heavy atom. The Hall–Kier alpha value is -2.43. The molecular weight excluding hydrogens is 398 g/mol. The number of benzene rings is 1. The fourth-order valence-electron chi connectivity index (χ4n) is 2.22. The summed E-state index contributed by atoms with van der Waals surface area (Å²) in [5.74, 6) is -0.408. The Morgan fingerprint density at radius 2 is 2.04 bits per heavy atom. The van der Waals surface area contributed by atoms with Crippen molar-refractivity contribution in [2.45, 2.75) is 31.3 Å². The van der Waals surface area contributed by atoms with E-state index in [4.69, 9.17) is 16.0 Å². The minimum atomic E-state index is -4.19. The molecule has 1 atom stereocenters. The lowest BCUT2D eigenvalue weighted by molar-refractivity contribution is -0.384. The van der Waals surface area contributed by atoms with Crippen LogP contribution in [0.5, 0.6) is 0 Å². The smallest absolute Gasteiger partial charge is 0.289 e. The number of nitrogens with zero attached hydrogens (tertiary/aromatic N) is 1. The first-order valence-electron chi connectivity index (χ1n) is 7.88. The number of carbonyl (C=O) groups excluding carboxylic acids is 1. The molecule has 0 bridgehead atoms. The molecule has 0 aliphatic heterocycles. The number of hydrogen-bond donors (Lipinski definition) is 2. The van der Waals surface area contributed by atoms with Crippen LogP contribution in [0.4, 0.5) is 5.69 Å². The molecule has 0 spiro atoms. The third-order valence-corrected chi connectivity index (χ3v) is 5.43. The molecule has 2 N–H and O–H groups in total. The number of carbonyl (C=O) groups is 1. The summed E-state index contributed by atoms with van der Waals surface area (Å²) in [6, 6.07) is 5.35. The van der Waals surface area contributed by atoms with Crippen molar-refractivity contribution in [3.63, 3.8) is 0 Å². The van der Waals surface area contributed by atoms with Gasteiger partial charge in [-0.2, -0.15) is 4.72 Å². The quantitative estimate of drug-likeness (QED) is 0.502. The summed E-state index contributed by atoms with van der Waals surface area (Å²) in [5, 5.41) is 13.4. The summed E-state index contributed by atoms with van der Waals surface area (Å²) in [5.41, 5.74) is -0.539. The van der Waals surface area contributed by atoms with Crippen LogP contribution in [0.1, 0.15) is 19.6 Å². The molecule has 1 heterocycles. The third-order valence-electron chi connectivity index (χ3n) is 3.67. The Kier molecular flexibility index (Phi) is 6.58. The van der Waals surface area contributed by atoms with E-state index in [0.29, 0.717) is 5.76 Å². The van der Waals surface area contributed by atoms with Crippen LogP contribution < -0.4 is 10.0 Å². The highest BCUT2D eigenvalue weighted by Crippen LogP contribution is 2.27. The number of sulfonamides is 1. The number of halogens is 1. The van der Waals surface area contributed by atoms with Gasteiger partial charge in [-0.3, -0.25) is 14.9 Å². The maximum atomic E-state index is 12.6. The van der Waals surface area contributed by atoms with E-state index in [-0.39, 0.29) is 22.4 Å². The minimum absolute atomic E-state index is 0.100. The maximum Gasteiger partial charge on any atom is 0.289 e. The van der Waals surface area contributed by atoms with Gasteiger partial charge in [0.15, 0.2) is 0 Å². The molecule has 1 unspecified atom stereocenters. The van der Waals surface area contributed by atoms with Gasteiger partial charge in [0.05, 0.1) is 22.6 Å². The van der Waals surface area contributed by atoms with Gasteiger partial charge in [0.1, 0.15) is 16.8 Å². The predicted molar refractivity (Wildman–Crippen MR) is 97.6 cm³/mol. The summed E-state index contributed by atoms with van der Waals surface area (Å²) in [6.45, 7) is 3.44. The summed E-state index contributed by atoms with van der Waals surface area (Å²) in [7, 11) is -4.19. The zero-order valence-corrected chi connectivity index (χ0v) is 16.1. The van der Waals surface area contributed by atoms with Gasteiger partial charge in [0.25, 0.3) is 5.69 Å². The van der Waals surface area contributed by atoms with Crippen molar-refractivity contribution in [1.82, 2.24) is 10.0 Å². The summed E-state index contributed by atoms with van der Waals surface area (Å²) < 4.78 is 32.6. The van der Waals surface area contributed by atoms with Gasteiger partial charge in [0, 0.05) is 6.07 Å². The van der Waals surface area contributed by atoms with Crippen LogP contribution >= 0.6 is 11.6 Å². The molecule has 27 heavy (non-hydrogen) atoms. The molecular formula is C16H18ClN3O6S. The van der Waals surface area contributed by atoms with E-state index < -0.39 is 32.6 Å². The number of amides is 1. The number of nitro groups is 1. The Balaban J connectivity index is 2.20. The molecule has 0 aliphatic rings. The largest absolute Gasteiger partial charge is 0.467 e. The van der Waals surface area contributed by atoms with E-state index in [1.165, 1.54) is 6.26 Å². The summed E-state index contributed by atoms with van der Waals surface area (Å²) >= 11 is 5.71. The molecule has 146 valence electrons. The molecule has 2 rings (SSSR count). The number of nitrogens with one attached hydrogen (secondary N) is 2. The van der Waals surface area contributed by atoms with Crippen LogP contribution in [0.25, 0.3) is 0 Å². The van der Waals surface area contributed by atoms with Crippen molar-refractivity contribution in [1.29, 1.82) is 0 Å². The molecule has 2 aromatic rings. The first-order valence-corrected chi connectivity index (χ1v) is 9.74. The van der Waals surface area contributed by atoms with Gasteiger partial charge < -0.3 is 9.73 Å². The lowest BCUT2D eigenvalue weighted by atomic mass is 10.1. The standard InChI is InChI=1S/C16H18ClN3O6S/c1-10(2)15(16(21)18-9-11-4-3-7-26-11)19-27(24,25)12-5-6-13(17)14(8-12)20(22)23/h3-8,10,15,19H,9H2,1-2H3,(H,18,21). The van der Waals surface area contributed by atoms with Crippen molar-refractivity contribution in [2.24, 2.45) is 5.92 Å². The molecule has 1 aromatic heterocycles. The zero-order valence-electron chi connectivity index (χ0n) is 14.5. The number of furan rings is 1. The highest BCUT2D eigenvalue weighted by molar-refractivity contribution is 7.89. The number of hydrogen-bond acceptors (Lipinski definition) is 6. The van der Waals surface area contributed by atoms with E-state index in [9.17, 15) is 23.3 Å². The Bertz CT molecular complexity index is 928. The first kappa shape index (κ1) is 20.9. The second-order valence-corrected chi connectivity index (χ2v) is 8.13. The molecule has 1 aromatic carbocycles. The maximum absolute atomic E-state index is 12.6. The van der Waals surface area contributed by atoms with Crippen LogP contribution in [0, 0.1) is 16.0 Å². The van der Waals surface area contributed by atoms with E-state index in [1.807, 2.05) is 0 Å². The average Bonchev–Trinajstić information content (AvgIpc) is 3.10. The molecule has 0 saturated heterocycles. The highest BCUT2D eigenvalue weighted by atomic mass is 35.5. The number of nitro benzene ring substituents is 1. The monoisotopic (exact) mass is 415 g/mol. The van der Waals surface area contributed by atoms with Gasteiger partial charge in [-0.25, -0.2) is 8.42 Å². The van der Waals surface area contributed by atoms with Crippen LogP contribution in [0.2, 0.25) is 5.02 Å². The number of rotatable bonds is 8. The molecule has 1 amide bonds. The van der Waals surface area contributed by atoms with E-state index in [0.717, 1.165) is 18.2 Å². The van der Waals surface area contributed by atoms with Gasteiger partial charge in [0.2, 0.25) is 15.9 Å².